The molecule has 3 heterocycles. The normalized spacial score (nSPS) is 21.8. The monoisotopic (exact) mass is 369 g/mol. The zero-order chi connectivity index (χ0) is 18.9. The van der Waals surface area contributed by atoms with Gasteiger partial charge in [0.1, 0.15) is 0 Å². The van der Waals surface area contributed by atoms with Gasteiger partial charge >= 0.3 is 0 Å². The van der Waals surface area contributed by atoms with Gasteiger partial charge in [-0.25, -0.2) is 0 Å². The molecule has 4 rings (SSSR count). The van der Waals surface area contributed by atoms with Crippen LogP contribution in [0.2, 0.25) is 0 Å². The zero-order valence-corrected chi connectivity index (χ0v) is 16.0. The van der Waals surface area contributed by atoms with Crippen molar-refractivity contribution >= 4 is 5.91 Å². The predicted octanol–water partition coefficient (Wildman–Crippen LogP) is 2.70. The van der Waals surface area contributed by atoms with Crippen molar-refractivity contribution in [3.8, 4) is 0 Å². The second-order valence-electron chi connectivity index (χ2n) is 8.06. The first-order chi connectivity index (χ1) is 13.0. The highest BCUT2D eigenvalue weighted by molar-refractivity contribution is 5.91. The van der Waals surface area contributed by atoms with E-state index in [1.165, 1.54) is 22.9 Å². The molecule has 1 aromatic carbocycles. The van der Waals surface area contributed by atoms with Crippen LogP contribution in [-0.2, 0) is 11.3 Å². The van der Waals surface area contributed by atoms with Gasteiger partial charge < -0.3 is 14.6 Å². The molecule has 2 saturated heterocycles. The number of benzene rings is 1. The predicted molar refractivity (Wildman–Crippen MR) is 101 cm³/mol. The molecule has 1 aromatic heterocycles. The fraction of sp³-hybridized carbons (Fsp3) is 0.524. The summed E-state index contributed by atoms with van der Waals surface area (Å²) in [6.07, 6.45) is 3.61. The summed E-state index contributed by atoms with van der Waals surface area (Å²) in [5.74, 6) is 0.399. The van der Waals surface area contributed by atoms with Crippen LogP contribution in [-0.4, -0.2) is 47.8 Å². The molecule has 0 aliphatic carbocycles. The second kappa shape index (κ2) is 7.44. The Bertz CT molecular complexity index is 787. The maximum absolute atomic E-state index is 11.9. The first-order valence-electron chi connectivity index (χ1n) is 9.64. The van der Waals surface area contributed by atoms with Crippen LogP contribution in [0.5, 0.6) is 0 Å². The Hall–Kier alpha value is -2.18. The molecule has 27 heavy (non-hydrogen) atoms. The third kappa shape index (κ3) is 4.06. The molecule has 6 heteroatoms. The van der Waals surface area contributed by atoms with Gasteiger partial charge in [-0.2, -0.15) is 0 Å². The van der Waals surface area contributed by atoms with Gasteiger partial charge in [-0.3, -0.25) is 9.69 Å². The van der Waals surface area contributed by atoms with Crippen LogP contribution >= 0.6 is 0 Å². The van der Waals surface area contributed by atoms with Crippen molar-refractivity contribution in [3.05, 3.63) is 52.9 Å². The fourth-order valence-corrected chi connectivity index (χ4v) is 4.08. The van der Waals surface area contributed by atoms with Crippen molar-refractivity contribution in [1.29, 1.82) is 0 Å². The van der Waals surface area contributed by atoms with Crippen LogP contribution in [0.25, 0.3) is 0 Å². The standard InChI is InChI=1S/C21H27N3O3/c1-15-3-4-16(2)18(9-15)11-24-13-21(14-24)7-5-17(12-26-21)10-22-20(25)19-6-8-23-27-19/h3-4,6,8-9,17H,5,7,10-14H2,1-2H3,(H,22,25)/t17-/m1/s1. The Kier molecular flexibility index (Phi) is 5.02. The highest BCUT2D eigenvalue weighted by Crippen LogP contribution is 2.36. The van der Waals surface area contributed by atoms with E-state index in [4.69, 9.17) is 9.26 Å². The molecule has 6 nitrogen and oxygen atoms in total. The van der Waals surface area contributed by atoms with Gasteiger partial charge in [-0.15, -0.1) is 0 Å². The number of amides is 1. The third-order valence-corrected chi connectivity index (χ3v) is 5.77. The molecule has 1 spiro atoms. The summed E-state index contributed by atoms with van der Waals surface area (Å²) in [5, 5.41) is 6.47. The highest BCUT2D eigenvalue weighted by atomic mass is 16.5. The van der Waals surface area contributed by atoms with Gasteiger partial charge in [0.05, 0.1) is 18.4 Å². The van der Waals surface area contributed by atoms with Crippen molar-refractivity contribution in [3.63, 3.8) is 0 Å². The summed E-state index contributed by atoms with van der Waals surface area (Å²) in [6, 6.07) is 8.23. The van der Waals surface area contributed by atoms with Gasteiger partial charge in [0.2, 0.25) is 5.76 Å². The molecule has 2 aliphatic rings. The van der Waals surface area contributed by atoms with Crippen LogP contribution in [0, 0.1) is 19.8 Å². The van der Waals surface area contributed by atoms with Crippen molar-refractivity contribution in [1.82, 2.24) is 15.4 Å². The largest absolute Gasteiger partial charge is 0.372 e. The van der Waals surface area contributed by atoms with Crippen LogP contribution in [0.3, 0.4) is 0 Å². The maximum atomic E-state index is 11.9. The van der Waals surface area contributed by atoms with Gasteiger partial charge in [-0.1, -0.05) is 28.9 Å². The molecule has 1 atom stereocenters. The summed E-state index contributed by atoms with van der Waals surface area (Å²) in [5.41, 5.74) is 4.10. The first kappa shape index (κ1) is 18.2. The van der Waals surface area contributed by atoms with E-state index in [-0.39, 0.29) is 17.3 Å². The Labute approximate surface area is 159 Å². The quantitative estimate of drug-likeness (QED) is 0.878. The Balaban J connectivity index is 1.21. The van der Waals surface area contributed by atoms with E-state index in [1.807, 2.05) is 0 Å². The van der Waals surface area contributed by atoms with Gasteiger partial charge in [0.25, 0.3) is 5.91 Å². The van der Waals surface area contributed by atoms with Gasteiger partial charge in [0.15, 0.2) is 0 Å². The fourth-order valence-electron chi connectivity index (χ4n) is 4.08. The summed E-state index contributed by atoms with van der Waals surface area (Å²) in [6.45, 7) is 8.63. The summed E-state index contributed by atoms with van der Waals surface area (Å²) < 4.78 is 11.1. The van der Waals surface area contributed by atoms with Gasteiger partial charge in [-0.05, 0) is 43.7 Å². The average molecular weight is 369 g/mol. The van der Waals surface area contributed by atoms with Gasteiger partial charge in [0, 0.05) is 32.2 Å². The van der Waals surface area contributed by atoms with Crippen molar-refractivity contribution in [2.24, 2.45) is 5.92 Å². The number of likely N-dealkylation sites (tertiary alicyclic amines) is 1. The first-order valence-corrected chi connectivity index (χ1v) is 9.64. The summed E-state index contributed by atoms with van der Waals surface area (Å²) >= 11 is 0. The van der Waals surface area contributed by atoms with Crippen LogP contribution in [0.15, 0.2) is 35.0 Å². The number of aryl methyl sites for hydroxylation is 2. The van der Waals surface area contributed by atoms with E-state index < -0.39 is 0 Å². The molecule has 1 amide bonds. The van der Waals surface area contributed by atoms with Crippen molar-refractivity contribution in [2.45, 2.75) is 38.8 Å². The van der Waals surface area contributed by atoms with E-state index in [0.29, 0.717) is 19.1 Å². The number of carbonyl (C=O) groups is 1. The molecule has 0 saturated carbocycles. The molecule has 0 unspecified atom stereocenters. The van der Waals surface area contributed by atoms with E-state index in [2.05, 4.69) is 47.4 Å². The number of hydrogen-bond acceptors (Lipinski definition) is 5. The molecule has 2 fully saturated rings. The number of carbonyl (C=O) groups excluding carboxylic acids is 1. The lowest BCUT2D eigenvalue weighted by molar-refractivity contribution is -0.181. The topological polar surface area (TPSA) is 67.6 Å². The third-order valence-electron chi connectivity index (χ3n) is 5.77. The van der Waals surface area contributed by atoms with E-state index in [0.717, 1.165) is 32.5 Å². The number of hydrogen-bond donors (Lipinski definition) is 1. The minimum absolute atomic E-state index is 0.0170. The zero-order valence-electron chi connectivity index (χ0n) is 16.0. The van der Waals surface area contributed by atoms with Crippen molar-refractivity contribution < 1.29 is 14.1 Å². The van der Waals surface area contributed by atoms with Crippen LogP contribution in [0.1, 0.15) is 40.1 Å². The number of nitrogens with zero attached hydrogens (tertiary/aromatic N) is 2. The molecule has 2 aliphatic heterocycles. The van der Waals surface area contributed by atoms with Crippen LogP contribution in [0.4, 0.5) is 0 Å². The summed E-state index contributed by atoms with van der Waals surface area (Å²) in [4.78, 5) is 14.4. The average Bonchev–Trinajstić information content (AvgIpc) is 3.17. The minimum Gasteiger partial charge on any atom is -0.372 e. The van der Waals surface area contributed by atoms with E-state index >= 15 is 0 Å². The minimum atomic E-state index is -0.212. The smallest absolute Gasteiger partial charge is 0.289 e. The van der Waals surface area contributed by atoms with Crippen molar-refractivity contribution in [2.75, 3.05) is 26.2 Å². The number of ether oxygens (including phenoxy) is 1. The molecular formula is C21H27N3O3. The Morgan fingerprint density at radius 1 is 1.33 bits per heavy atom. The molecule has 0 bridgehead atoms. The Morgan fingerprint density at radius 2 is 2.19 bits per heavy atom. The molecule has 0 radical (unpaired) electrons. The molecular weight excluding hydrogens is 342 g/mol. The number of aromatic nitrogens is 1. The Morgan fingerprint density at radius 3 is 2.89 bits per heavy atom. The van der Waals surface area contributed by atoms with E-state index in [1.54, 1.807) is 6.07 Å². The number of nitrogens with one attached hydrogen (secondary N) is 1. The molecule has 1 N–H and O–H groups in total. The second-order valence-corrected chi connectivity index (χ2v) is 8.06. The lowest BCUT2D eigenvalue weighted by Gasteiger charge is -2.53. The number of rotatable bonds is 5. The lowest BCUT2D eigenvalue weighted by atomic mass is 9.82. The molecule has 144 valence electrons. The summed E-state index contributed by atoms with van der Waals surface area (Å²) in [7, 11) is 0. The highest BCUT2D eigenvalue weighted by Gasteiger charge is 2.46. The van der Waals surface area contributed by atoms with E-state index in [9.17, 15) is 4.79 Å². The molecule has 2 aromatic rings. The maximum Gasteiger partial charge on any atom is 0.289 e. The van der Waals surface area contributed by atoms with Crippen LogP contribution < -0.4 is 5.32 Å². The lowest BCUT2D eigenvalue weighted by Crippen LogP contribution is -2.64. The SMILES string of the molecule is Cc1ccc(C)c(CN2CC3(CC[C@H](CNC(=O)c4ccno4)CO3)C2)c1.